The van der Waals surface area contributed by atoms with Crippen molar-refractivity contribution in [3.8, 4) is 34.5 Å². The summed E-state index contributed by atoms with van der Waals surface area (Å²) >= 11 is 0. The maximum absolute atomic E-state index is 13.9. The van der Waals surface area contributed by atoms with Crippen molar-refractivity contribution in [3.05, 3.63) is 35.4 Å². The standard InChI is InChI=1S/C30H38O9/c1-15-18-13-19-27(23(15)31)38-22(16-9-11-20(32-3)28(36-7)25(16)34-5)14-30(19,2)39-24(18)17-10-12-21(33-4)29(37-8)26(17)35-6/h9-12,15,18-19,22,24,27H,13-14H2,1-8H3/t15-,18+,19-,22-,24-,27-,30+/m1/s1. The largest absolute Gasteiger partial charge is 0.493 e. The summed E-state index contributed by atoms with van der Waals surface area (Å²) in [5, 5.41) is 0. The van der Waals surface area contributed by atoms with Gasteiger partial charge >= 0.3 is 0 Å². The Morgan fingerprint density at radius 3 is 1.82 bits per heavy atom. The van der Waals surface area contributed by atoms with Crippen LogP contribution in [0.3, 0.4) is 0 Å². The highest BCUT2D eigenvalue weighted by molar-refractivity contribution is 5.87. The van der Waals surface area contributed by atoms with Crippen LogP contribution in [-0.4, -0.2) is 60.1 Å². The number of rotatable bonds is 8. The molecule has 0 N–H and O–H groups in total. The molecule has 0 radical (unpaired) electrons. The molecule has 2 saturated heterocycles. The van der Waals surface area contributed by atoms with E-state index in [1.54, 1.807) is 42.7 Å². The van der Waals surface area contributed by atoms with E-state index in [-0.39, 0.29) is 29.6 Å². The fourth-order valence-corrected chi connectivity index (χ4v) is 6.87. The van der Waals surface area contributed by atoms with Crippen molar-refractivity contribution in [2.75, 3.05) is 42.7 Å². The van der Waals surface area contributed by atoms with Crippen molar-refractivity contribution in [2.24, 2.45) is 17.8 Å². The van der Waals surface area contributed by atoms with Gasteiger partial charge in [-0.2, -0.15) is 0 Å². The van der Waals surface area contributed by atoms with Crippen molar-refractivity contribution >= 4 is 5.78 Å². The molecule has 1 aliphatic carbocycles. The number of hydrogen-bond acceptors (Lipinski definition) is 9. The number of Topliss-reactive ketones (excluding diaryl/α,β-unsaturated/α-hetero) is 1. The number of methoxy groups -OCH3 is 6. The van der Waals surface area contributed by atoms with E-state index in [1.165, 1.54) is 0 Å². The van der Waals surface area contributed by atoms with Crippen LogP contribution < -0.4 is 28.4 Å². The molecule has 1 saturated carbocycles. The molecule has 9 nitrogen and oxygen atoms in total. The Bertz CT molecular complexity index is 1240. The average Bonchev–Trinajstić information content (AvgIpc) is 2.96. The lowest BCUT2D eigenvalue weighted by molar-refractivity contribution is -0.275. The maximum atomic E-state index is 13.9. The van der Waals surface area contributed by atoms with E-state index in [4.69, 9.17) is 37.9 Å². The van der Waals surface area contributed by atoms with Gasteiger partial charge < -0.3 is 37.9 Å². The molecule has 2 aromatic rings. The van der Waals surface area contributed by atoms with E-state index >= 15 is 0 Å². The van der Waals surface area contributed by atoms with Crippen molar-refractivity contribution in [3.63, 3.8) is 0 Å². The molecule has 9 heteroatoms. The van der Waals surface area contributed by atoms with Crippen molar-refractivity contribution < 1.29 is 42.7 Å². The minimum Gasteiger partial charge on any atom is -0.493 e. The predicted molar refractivity (Wildman–Crippen MR) is 142 cm³/mol. The number of carbonyl (C=O) groups is 1. The predicted octanol–water partition coefficient (Wildman–Crippen LogP) is 4.94. The van der Waals surface area contributed by atoms with Gasteiger partial charge in [0.2, 0.25) is 11.5 Å². The van der Waals surface area contributed by atoms with Gasteiger partial charge in [-0.3, -0.25) is 4.79 Å². The van der Waals surface area contributed by atoms with Gasteiger partial charge in [-0.25, -0.2) is 0 Å². The van der Waals surface area contributed by atoms with Crippen LogP contribution in [0.1, 0.15) is 50.0 Å². The Kier molecular flexibility index (Phi) is 7.33. The molecule has 3 fully saturated rings. The van der Waals surface area contributed by atoms with Crippen LogP contribution in [-0.2, 0) is 14.3 Å². The molecule has 212 valence electrons. The molecule has 2 bridgehead atoms. The number of benzene rings is 2. The van der Waals surface area contributed by atoms with Crippen molar-refractivity contribution in [2.45, 2.75) is 50.6 Å². The van der Waals surface area contributed by atoms with Gasteiger partial charge in [-0.05, 0) is 43.5 Å². The maximum Gasteiger partial charge on any atom is 0.203 e. The van der Waals surface area contributed by atoms with Crippen LogP contribution in [0.5, 0.6) is 34.5 Å². The summed E-state index contributed by atoms with van der Waals surface area (Å²) in [7, 11) is 9.51. The summed E-state index contributed by atoms with van der Waals surface area (Å²) in [6.07, 6.45) is -0.0882. The molecule has 5 rings (SSSR count). The van der Waals surface area contributed by atoms with Gasteiger partial charge in [0.15, 0.2) is 28.8 Å². The molecule has 0 amide bonds. The molecule has 0 unspecified atom stereocenters. The summed E-state index contributed by atoms with van der Waals surface area (Å²) in [6, 6.07) is 7.54. The molecule has 0 aromatic heterocycles. The number of fused-ring (bicyclic) bond motifs is 1. The van der Waals surface area contributed by atoms with Crippen molar-refractivity contribution in [1.82, 2.24) is 0 Å². The monoisotopic (exact) mass is 542 g/mol. The molecule has 2 heterocycles. The zero-order valence-electron chi connectivity index (χ0n) is 23.9. The molecule has 2 aromatic carbocycles. The second-order valence-electron chi connectivity index (χ2n) is 10.6. The second kappa shape index (κ2) is 10.4. The van der Waals surface area contributed by atoms with E-state index in [0.29, 0.717) is 40.9 Å². The third-order valence-corrected chi connectivity index (χ3v) is 8.86. The van der Waals surface area contributed by atoms with Crippen LogP contribution in [0.4, 0.5) is 0 Å². The number of ether oxygens (including phenoxy) is 8. The Labute approximate surface area is 229 Å². The van der Waals surface area contributed by atoms with E-state index in [0.717, 1.165) is 17.5 Å². The third-order valence-electron chi connectivity index (χ3n) is 8.86. The molecule has 3 aliphatic rings. The van der Waals surface area contributed by atoms with Crippen LogP contribution >= 0.6 is 0 Å². The van der Waals surface area contributed by atoms with Gasteiger partial charge in [0, 0.05) is 29.4 Å². The molecule has 7 atom stereocenters. The lowest BCUT2D eigenvalue weighted by Crippen LogP contribution is -2.63. The highest BCUT2D eigenvalue weighted by Gasteiger charge is 2.61. The lowest BCUT2D eigenvalue weighted by atomic mass is 9.59. The molecule has 39 heavy (non-hydrogen) atoms. The first-order valence-corrected chi connectivity index (χ1v) is 13.2. The van der Waals surface area contributed by atoms with Gasteiger partial charge in [0.05, 0.1) is 60.5 Å². The van der Waals surface area contributed by atoms with Crippen LogP contribution in [0.25, 0.3) is 0 Å². The minimum absolute atomic E-state index is 0.0328. The van der Waals surface area contributed by atoms with E-state index in [2.05, 4.69) is 6.92 Å². The van der Waals surface area contributed by atoms with Gasteiger partial charge in [-0.1, -0.05) is 6.92 Å². The van der Waals surface area contributed by atoms with Crippen LogP contribution in [0.15, 0.2) is 24.3 Å². The smallest absolute Gasteiger partial charge is 0.203 e. The first-order chi connectivity index (χ1) is 18.8. The van der Waals surface area contributed by atoms with Crippen LogP contribution in [0.2, 0.25) is 0 Å². The number of hydrogen-bond donors (Lipinski definition) is 0. The average molecular weight is 543 g/mol. The Hall–Kier alpha value is -3.17. The fraction of sp³-hybridized carbons (Fsp3) is 0.567. The van der Waals surface area contributed by atoms with Crippen LogP contribution in [0, 0.1) is 17.8 Å². The molecular weight excluding hydrogens is 504 g/mol. The Morgan fingerprint density at radius 1 is 0.744 bits per heavy atom. The lowest BCUT2D eigenvalue weighted by Gasteiger charge is -2.59. The Balaban J connectivity index is 1.59. The van der Waals surface area contributed by atoms with Crippen molar-refractivity contribution in [1.29, 1.82) is 0 Å². The normalized spacial score (nSPS) is 31.3. The molecule has 2 aliphatic heterocycles. The highest BCUT2D eigenvalue weighted by atomic mass is 16.6. The van der Waals surface area contributed by atoms with Gasteiger partial charge in [0.25, 0.3) is 0 Å². The summed E-state index contributed by atoms with van der Waals surface area (Å²) < 4.78 is 47.5. The first-order valence-electron chi connectivity index (χ1n) is 13.2. The quantitative estimate of drug-likeness (QED) is 0.460. The summed E-state index contributed by atoms with van der Waals surface area (Å²) in [5.41, 5.74) is 0.970. The van der Waals surface area contributed by atoms with E-state index < -0.39 is 17.8 Å². The SMILES string of the molecule is COc1ccc([C@H]2O[C@@]3(C)C[C@H](c4ccc(OC)c(OC)c4OC)O[C@H]4C(=O)[C@H](C)[C@@H]2C[C@H]43)c(OC)c1OC. The summed E-state index contributed by atoms with van der Waals surface area (Å²) in [5.74, 6) is 2.89. The summed E-state index contributed by atoms with van der Waals surface area (Å²) in [4.78, 5) is 13.9. The first kappa shape index (κ1) is 27.4. The van der Waals surface area contributed by atoms with Gasteiger partial charge in [-0.15, -0.1) is 0 Å². The Morgan fingerprint density at radius 2 is 1.28 bits per heavy atom. The summed E-state index contributed by atoms with van der Waals surface area (Å²) in [6.45, 7) is 4.06. The zero-order chi connectivity index (χ0) is 28.1. The fourth-order valence-electron chi connectivity index (χ4n) is 6.87. The van der Waals surface area contributed by atoms with E-state index in [9.17, 15) is 4.79 Å². The minimum atomic E-state index is -0.652. The second-order valence-corrected chi connectivity index (χ2v) is 10.6. The van der Waals surface area contributed by atoms with E-state index in [1.807, 2.05) is 31.2 Å². The third kappa shape index (κ3) is 4.17. The number of carbonyl (C=O) groups excluding carboxylic acids is 1. The van der Waals surface area contributed by atoms with Gasteiger partial charge in [0.1, 0.15) is 6.10 Å². The molecular formula is C30H38O9. The number of ketones is 1. The molecule has 0 spiro atoms. The highest BCUT2D eigenvalue weighted by Crippen LogP contribution is 2.60. The zero-order valence-corrected chi connectivity index (χ0v) is 23.9. The topological polar surface area (TPSA) is 90.9 Å².